The molecule has 0 aliphatic heterocycles. The van der Waals surface area contributed by atoms with Gasteiger partial charge in [-0.3, -0.25) is 0 Å². The van der Waals surface area contributed by atoms with Crippen LogP contribution in [0.1, 0.15) is 39.3 Å². The number of aliphatic hydroxyl groups is 1. The fourth-order valence-electron chi connectivity index (χ4n) is 2.90. The summed E-state index contributed by atoms with van der Waals surface area (Å²) < 4.78 is 13.9. The molecule has 1 aromatic heterocycles. The Morgan fingerprint density at radius 2 is 2.10 bits per heavy atom. The van der Waals surface area contributed by atoms with Gasteiger partial charge in [0.05, 0.1) is 6.10 Å². The van der Waals surface area contributed by atoms with Crippen molar-refractivity contribution in [2.45, 2.75) is 31.3 Å². The number of aliphatic hydroxyl groups excluding tert-OH is 1. The van der Waals surface area contributed by atoms with E-state index in [0.717, 1.165) is 17.7 Å². The minimum Gasteiger partial charge on any atom is -0.387 e. The molecule has 0 spiro atoms. The lowest BCUT2D eigenvalue weighted by molar-refractivity contribution is 0.149. The van der Waals surface area contributed by atoms with E-state index in [4.69, 9.17) is 5.73 Å². The Balaban J connectivity index is 1.90. The van der Waals surface area contributed by atoms with Crippen LogP contribution < -0.4 is 5.73 Å². The van der Waals surface area contributed by atoms with Crippen LogP contribution in [-0.4, -0.2) is 11.7 Å². The maximum Gasteiger partial charge on any atom is 0.126 e. The normalized spacial score (nSPS) is 16.9. The Bertz CT molecular complexity index is 589. The standard InChI is InChI=1S/C16H18FNOS/c17-13-6-2-1-5-11(13)12(9-18)16(19)15-8-10-4-3-7-14(10)20-15/h1-2,5-6,8,12,16,19H,3-4,7,9,18H2. The van der Waals surface area contributed by atoms with Crippen molar-refractivity contribution >= 4 is 11.3 Å². The molecule has 20 heavy (non-hydrogen) atoms. The number of hydrogen-bond acceptors (Lipinski definition) is 3. The molecule has 1 heterocycles. The van der Waals surface area contributed by atoms with Crippen LogP contribution in [0.5, 0.6) is 0 Å². The van der Waals surface area contributed by atoms with Crippen LogP contribution >= 0.6 is 11.3 Å². The number of fused-ring (bicyclic) bond motifs is 1. The average Bonchev–Trinajstić information content (AvgIpc) is 3.02. The lowest BCUT2D eigenvalue weighted by Gasteiger charge is -2.21. The van der Waals surface area contributed by atoms with Gasteiger partial charge < -0.3 is 10.8 Å². The summed E-state index contributed by atoms with van der Waals surface area (Å²) in [6.45, 7) is 0.227. The number of halogens is 1. The molecule has 2 aromatic rings. The number of hydrogen-bond donors (Lipinski definition) is 2. The number of aryl methyl sites for hydroxylation is 2. The minimum atomic E-state index is -0.729. The molecule has 106 valence electrons. The molecule has 2 nitrogen and oxygen atoms in total. The molecular formula is C16H18FNOS. The van der Waals surface area contributed by atoms with Crippen molar-refractivity contribution in [1.82, 2.24) is 0 Å². The second-order valence-electron chi connectivity index (χ2n) is 5.26. The predicted molar refractivity (Wildman–Crippen MR) is 79.5 cm³/mol. The zero-order valence-corrected chi connectivity index (χ0v) is 12.0. The van der Waals surface area contributed by atoms with E-state index in [2.05, 4.69) is 6.07 Å². The van der Waals surface area contributed by atoms with Crippen molar-refractivity contribution in [2.24, 2.45) is 5.73 Å². The fraction of sp³-hybridized carbons (Fsp3) is 0.375. The van der Waals surface area contributed by atoms with Crippen LogP contribution in [0.25, 0.3) is 0 Å². The summed E-state index contributed by atoms with van der Waals surface area (Å²) in [5, 5.41) is 10.6. The van der Waals surface area contributed by atoms with Gasteiger partial charge in [0, 0.05) is 22.2 Å². The highest BCUT2D eigenvalue weighted by molar-refractivity contribution is 7.12. The largest absolute Gasteiger partial charge is 0.387 e. The average molecular weight is 291 g/mol. The second kappa shape index (κ2) is 5.64. The van der Waals surface area contributed by atoms with E-state index in [1.54, 1.807) is 29.5 Å². The monoisotopic (exact) mass is 291 g/mol. The molecule has 2 unspecified atom stereocenters. The predicted octanol–water partition coefficient (Wildman–Crippen LogP) is 3.15. The van der Waals surface area contributed by atoms with E-state index >= 15 is 0 Å². The molecule has 4 heteroatoms. The summed E-state index contributed by atoms with van der Waals surface area (Å²) in [7, 11) is 0. The highest BCUT2D eigenvalue weighted by atomic mass is 32.1. The summed E-state index contributed by atoms with van der Waals surface area (Å²) in [6.07, 6.45) is 2.66. The van der Waals surface area contributed by atoms with E-state index in [0.29, 0.717) is 5.56 Å². The first-order chi connectivity index (χ1) is 9.70. The number of thiophene rings is 1. The van der Waals surface area contributed by atoms with E-state index in [1.807, 2.05) is 0 Å². The van der Waals surface area contributed by atoms with Crippen molar-refractivity contribution in [3.8, 4) is 0 Å². The molecule has 0 saturated carbocycles. The first-order valence-corrected chi connectivity index (χ1v) is 7.76. The first kappa shape index (κ1) is 13.7. The summed E-state index contributed by atoms with van der Waals surface area (Å²) in [4.78, 5) is 2.27. The highest BCUT2D eigenvalue weighted by Gasteiger charge is 2.27. The molecule has 3 rings (SSSR count). The van der Waals surface area contributed by atoms with Gasteiger partial charge in [-0.15, -0.1) is 11.3 Å². The van der Waals surface area contributed by atoms with E-state index < -0.39 is 12.0 Å². The first-order valence-electron chi connectivity index (χ1n) is 6.94. The van der Waals surface area contributed by atoms with Crippen LogP contribution in [0.15, 0.2) is 30.3 Å². The van der Waals surface area contributed by atoms with Gasteiger partial charge in [0.25, 0.3) is 0 Å². The Hall–Kier alpha value is -1.23. The fourth-order valence-corrected chi connectivity index (χ4v) is 4.21. The lowest BCUT2D eigenvalue weighted by atomic mass is 9.92. The molecule has 0 radical (unpaired) electrons. The third-order valence-corrected chi connectivity index (χ3v) is 5.30. The number of benzene rings is 1. The Morgan fingerprint density at radius 1 is 1.30 bits per heavy atom. The van der Waals surface area contributed by atoms with Crippen molar-refractivity contribution in [2.75, 3.05) is 6.54 Å². The van der Waals surface area contributed by atoms with Gasteiger partial charge in [0.15, 0.2) is 0 Å². The number of rotatable bonds is 4. The molecule has 0 fully saturated rings. The van der Waals surface area contributed by atoms with Gasteiger partial charge >= 0.3 is 0 Å². The van der Waals surface area contributed by atoms with Crippen LogP contribution in [0.3, 0.4) is 0 Å². The maximum atomic E-state index is 13.9. The second-order valence-corrected chi connectivity index (χ2v) is 6.43. The van der Waals surface area contributed by atoms with Crippen molar-refractivity contribution in [1.29, 1.82) is 0 Å². The zero-order chi connectivity index (χ0) is 14.1. The molecule has 0 amide bonds. The Kier molecular flexibility index (Phi) is 3.87. The Labute approximate surface area is 122 Å². The Morgan fingerprint density at radius 3 is 2.80 bits per heavy atom. The van der Waals surface area contributed by atoms with Gasteiger partial charge in [0.1, 0.15) is 5.82 Å². The summed E-state index contributed by atoms with van der Waals surface area (Å²) >= 11 is 1.65. The van der Waals surface area contributed by atoms with Gasteiger partial charge in [-0.25, -0.2) is 4.39 Å². The van der Waals surface area contributed by atoms with Crippen molar-refractivity contribution < 1.29 is 9.50 Å². The molecule has 0 bridgehead atoms. The molecule has 1 aliphatic carbocycles. The number of nitrogens with two attached hydrogens (primary N) is 1. The SMILES string of the molecule is NCC(c1ccccc1F)C(O)c1cc2c(s1)CCC2. The third-order valence-electron chi connectivity index (χ3n) is 4.00. The van der Waals surface area contributed by atoms with Crippen molar-refractivity contribution in [3.05, 3.63) is 57.0 Å². The van der Waals surface area contributed by atoms with Crippen molar-refractivity contribution in [3.63, 3.8) is 0 Å². The molecule has 1 aliphatic rings. The van der Waals surface area contributed by atoms with Crippen LogP contribution in [0, 0.1) is 5.82 Å². The minimum absolute atomic E-state index is 0.227. The topological polar surface area (TPSA) is 46.2 Å². The molecule has 2 atom stereocenters. The van der Waals surface area contributed by atoms with Gasteiger partial charge in [-0.05, 0) is 42.5 Å². The van der Waals surface area contributed by atoms with E-state index in [9.17, 15) is 9.50 Å². The molecule has 1 aromatic carbocycles. The quantitative estimate of drug-likeness (QED) is 0.909. The molecule has 0 saturated heterocycles. The summed E-state index contributed by atoms with van der Waals surface area (Å²) in [5.41, 5.74) is 7.62. The van der Waals surface area contributed by atoms with E-state index in [1.165, 1.54) is 22.9 Å². The zero-order valence-electron chi connectivity index (χ0n) is 11.2. The van der Waals surface area contributed by atoms with Crippen LogP contribution in [0.4, 0.5) is 4.39 Å². The smallest absolute Gasteiger partial charge is 0.126 e. The van der Waals surface area contributed by atoms with Gasteiger partial charge in [0.2, 0.25) is 0 Å². The van der Waals surface area contributed by atoms with Crippen LogP contribution in [-0.2, 0) is 12.8 Å². The van der Waals surface area contributed by atoms with Crippen LogP contribution in [0.2, 0.25) is 0 Å². The molecule has 3 N–H and O–H groups in total. The highest BCUT2D eigenvalue weighted by Crippen LogP contribution is 2.39. The van der Waals surface area contributed by atoms with E-state index in [-0.39, 0.29) is 12.4 Å². The van der Waals surface area contributed by atoms with Gasteiger partial charge in [-0.2, -0.15) is 0 Å². The third kappa shape index (κ3) is 2.39. The molecular weight excluding hydrogens is 273 g/mol. The summed E-state index contributed by atoms with van der Waals surface area (Å²) in [6, 6.07) is 8.62. The summed E-state index contributed by atoms with van der Waals surface area (Å²) in [5.74, 6) is -0.693. The van der Waals surface area contributed by atoms with Gasteiger partial charge in [-0.1, -0.05) is 18.2 Å². The lowest BCUT2D eigenvalue weighted by Crippen LogP contribution is -2.20. The maximum absolute atomic E-state index is 13.9.